The quantitative estimate of drug-likeness (QED) is 0.771. The number of halogens is 5. The Hall–Kier alpha value is -1.97. The highest BCUT2D eigenvalue weighted by molar-refractivity contribution is 6.35. The minimum Gasteiger partial charge on any atom is -0.453 e. The van der Waals surface area contributed by atoms with Gasteiger partial charge in [0.1, 0.15) is 11.8 Å². The molecule has 0 unspecified atom stereocenters. The summed E-state index contributed by atoms with van der Waals surface area (Å²) < 4.78 is 43.2. The number of nitrogens with zero attached hydrogens (tertiary/aromatic N) is 2. The SMILES string of the molecule is N#Cc1ncc(C(F)(F)F)cc1Oc1ccc(Cl)cc1Cl. The number of benzene rings is 1. The molecule has 0 aliphatic carbocycles. The minimum absolute atomic E-state index is 0.0682. The van der Waals surface area contributed by atoms with Gasteiger partial charge in [-0.2, -0.15) is 18.4 Å². The maximum Gasteiger partial charge on any atom is 0.418 e. The van der Waals surface area contributed by atoms with E-state index in [0.717, 1.165) is 0 Å². The van der Waals surface area contributed by atoms with Gasteiger partial charge in [-0.3, -0.25) is 0 Å². The number of ether oxygens (including phenoxy) is 1. The van der Waals surface area contributed by atoms with Crippen LogP contribution < -0.4 is 4.74 Å². The van der Waals surface area contributed by atoms with Gasteiger partial charge in [0.2, 0.25) is 0 Å². The Labute approximate surface area is 127 Å². The molecule has 0 saturated carbocycles. The van der Waals surface area contributed by atoms with Crippen LogP contribution >= 0.6 is 23.2 Å². The fraction of sp³-hybridized carbons (Fsp3) is 0.0769. The number of pyridine rings is 1. The van der Waals surface area contributed by atoms with Crippen LogP contribution in [0.15, 0.2) is 30.5 Å². The second kappa shape index (κ2) is 5.80. The molecule has 0 saturated heterocycles. The number of rotatable bonds is 2. The summed E-state index contributed by atoms with van der Waals surface area (Å²) in [5, 5.41) is 9.32. The lowest BCUT2D eigenvalue weighted by atomic mass is 10.2. The summed E-state index contributed by atoms with van der Waals surface area (Å²) in [6.07, 6.45) is -4.03. The first-order valence-corrected chi connectivity index (χ1v) is 6.17. The van der Waals surface area contributed by atoms with Crippen LogP contribution in [0.3, 0.4) is 0 Å². The van der Waals surface area contributed by atoms with E-state index in [1.165, 1.54) is 18.2 Å². The standard InChI is InChI=1S/C13H5Cl2F3N2O/c14-8-1-2-11(9(15)4-8)21-12-3-7(13(16,17)18)6-20-10(12)5-19/h1-4,6H. The van der Waals surface area contributed by atoms with Gasteiger partial charge in [0.25, 0.3) is 0 Å². The van der Waals surface area contributed by atoms with Gasteiger partial charge in [-0.15, -0.1) is 0 Å². The molecule has 108 valence electrons. The van der Waals surface area contributed by atoms with Gasteiger partial charge in [0.15, 0.2) is 11.4 Å². The predicted molar refractivity (Wildman–Crippen MR) is 70.5 cm³/mol. The highest BCUT2D eigenvalue weighted by atomic mass is 35.5. The Morgan fingerprint density at radius 2 is 1.86 bits per heavy atom. The van der Waals surface area contributed by atoms with Gasteiger partial charge in [-0.25, -0.2) is 4.98 Å². The molecule has 1 aromatic heterocycles. The molecular formula is C13H5Cl2F3N2O. The molecule has 0 N–H and O–H groups in total. The molecule has 1 heterocycles. The molecule has 21 heavy (non-hydrogen) atoms. The Balaban J connectivity index is 2.45. The van der Waals surface area contributed by atoms with E-state index in [1.54, 1.807) is 6.07 Å². The van der Waals surface area contributed by atoms with Gasteiger partial charge in [0.05, 0.1) is 10.6 Å². The summed E-state index contributed by atoms with van der Waals surface area (Å²) in [6.45, 7) is 0. The molecule has 0 amide bonds. The molecular weight excluding hydrogens is 328 g/mol. The molecule has 0 fully saturated rings. The first-order chi connectivity index (χ1) is 9.81. The second-order valence-electron chi connectivity index (χ2n) is 3.86. The molecule has 0 atom stereocenters. The molecule has 0 radical (unpaired) electrons. The van der Waals surface area contributed by atoms with Crippen molar-refractivity contribution in [2.75, 3.05) is 0 Å². The van der Waals surface area contributed by atoms with E-state index in [1.807, 2.05) is 0 Å². The average molecular weight is 333 g/mol. The van der Waals surface area contributed by atoms with Crippen molar-refractivity contribution in [3.05, 3.63) is 51.8 Å². The molecule has 0 spiro atoms. The first-order valence-electron chi connectivity index (χ1n) is 5.41. The second-order valence-corrected chi connectivity index (χ2v) is 4.70. The van der Waals surface area contributed by atoms with Crippen molar-refractivity contribution < 1.29 is 17.9 Å². The lowest BCUT2D eigenvalue weighted by molar-refractivity contribution is -0.137. The summed E-state index contributed by atoms with van der Waals surface area (Å²) in [6, 6.07) is 6.55. The van der Waals surface area contributed by atoms with E-state index in [-0.39, 0.29) is 22.2 Å². The number of alkyl halides is 3. The summed E-state index contributed by atoms with van der Waals surface area (Å²) in [7, 11) is 0. The summed E-state index contributed by atoms with van der Waals surface area (Å²) in [5.41, 5.74) is -1.31. The van der Waals surface area contributed by atoms with Crippen molar-refractivity contribution in [1.82, 2.24) is 4.98 Å². The van der Waals surface area contributed by atoms with Crippen LogP contribution in [0.4, 0.5) is 13.2 Å². The third-order valence-electron chi connectivity index (χ3n) is 2.40. The van der Waals surface area contributed by atoms with E-state index in [2.05, 4.69) is 4.98 Å². The van der Waals surface area contributed by atoms with E-state index < -0.39 is 11.7 Å². The maximum absolute atomic E-state index is 12.7. The Bertz CT molecular complexity index is 726. The normalized spacial score (nSPS) is 11.0. The van der Waals surface area contributed by atoms with Crippen LogP contribution in [0.25, 0.3) is 0 Å². The van der Waals surface area contributed by atoms with E-state index in [4.69, 9.17) is 33.2 Å². The smallest absolute Gasteiger partial charge is 0.418 e. The molecule has 0 aliphatic heterocycles. The van der Waals surface area contributed by atoms with Crippen molar-refractivity contribution in [3.63, 3.8) is 0 Å². The van der Waals surface area contributed by atoms with E-state index in [9.17, 15) is 13.2 Å². The lowest BCUT2D eigenvalue weighted by Crippen LogP contribution is -2.06. The van der Waals surface area contributed by atoms with Gasteiger partial charge in [0, 0.05) is 11.2 Å². The van der Waals surface area contributed by atoms with E-state index >= 15 is 0 Å². The van der Waals surface area contributed by atoms with Crippen LogP contribution in [0.5, 0.6) is 11.5 Å². The molecule has 1 aromatic carbocycles. The third kappa shape index (κ3) is 3.57. The monoisotopic (exact) mass is 332 g/mol. The van der Waals surface area contributed by atoms with Crippen LogP contribution in [0.2, 0.25) is 10.0 Å². The Morgan fingerprint density at radius 3 is 2.43 bits per heavy atom. The lowest BCUT2D eigenvalue weighted by Gasteiger charge is -2.11. The van der Waals surface area contributed by atoms with Crippen molar-refractivity contribution in [2.24, 2.45) is 0 Å². The van der Waals surface area contributed by atoms with Crippen LogP contribution in [-0.2, 0) is 6.18 Å². The number of aromatic nitrogens is 1. The number of nitriles is 1. The highest BCUT2D eigenvalue weighted by Gasteiger charge is 2.32. The zero-order chi connectivity index (χ0) is 15.6. The number of hydrogen-bond acceptors (Lipinski definition) is 3. The molecule has 8 heteroatoms. The van der Waals surface area contributed by atoms with Crippen molar-refractivity contribution in [1.29, 1.82) is 5.26 Å². The Kier molecular flexibility index (Phi) is 4.26. The zero-order valence-electron chi connectivity index (χ0n) is 10.1. The van der Waals surface area contributed by atoms with Crippen molar-refractivity contribution in [2.45, 2.75) is 6.18 Å². The Morgan fingerprint density at radius 1 is 1.14 bits per heavy atom. The van der Waals surface area contributed by atoms with E-state index in [0.29, 0.717) is 17.3 Å². The summed E-state index contributed by atoms with van der Waals surface area (Å²) in [4.78, 5) is 3.43. The first kappa shape index (κ1) is 15.4. The predicted octanol–water partition coefficient (Wildman–Crippen LogP) is 5.07. The molecule has 2 rings (SSSR count). The highest BCUT2D eigenvalue weighted by Crippen LogP contribution is 2.36. The van der Waals surface area contributed by atoms with Gasteiger partial charge >= 0.3 is 6.18 Å². The molecule has 0 bridgehead atoms. The molecule has 0 aliphatic rings. The van der Waals surface area contributed by atoms with Crippen molar-refractivity contribution >= 4 is 23.2 Å². The zero-order valence-corrected chi connectivity index (χ0v) is 11.6. The van der Waals surface area contributed by atoms with Crippen LogP contribution in [0.1, 0.15) is 11.3 Å². The fourth-order valence-corrected chi connectivity index (χ4v) is 1.88. The van der Waals surface area contributed by atoms with Gasteiger partial charge in [-0.05, 0) is 24.3 Å². The largest absolute Gasteiger partial charge is 0.453 e. The molecule has 3 nitrogen and oxygen atoms in total. The maximum atomic E-state index is 12.7. The minimum atomic E-state index is -4.59. The van der Waals surface area contributed by atoms with Crippen LogP contribution in [-0.4, -0.2) is 4.98 Å². The third-order valence-corrected chi connectivity index (χ3v) is 2.93. The fourth-order valence-electron chi connectivity index (χ4n) is 1.44. The van der Waals surface area contributed by atoms with Crippen molar-refractivity contribution in [3.8, 4) is 17.6 Å². The van der Waals surface area contributed by atoms with Gasteiger partial charge in [-0.1, -0.05) is 23.2 Å². The van der Waals surface area contributed by atoms with Gasteiger partial charge < -0.3 is 4.74 Å². The topological polar surface area (TPSA) is 45.9 Å². The van der Waals surface area contributed by atoms with Crippen LogP contribution in [0, 0.1) is 11.3 Å². The number of hydrogen-bond donors (Lipinski definition) is 0. The summed E-state index contributed by atoms with van der Waals surface area (Å²) >= 11 is 11.6. The summed E-state index contributed by atoms with van der Waals surface area (Å²) in [5.74, 6) is -0.268. The average Bonchev–Trinajstić information content (AvgIpc) is 2.41. The molecule has 2 aromatic rings.